The van der Waals surface area contributed by atoms with E-state index in [0.717, 1.165) is 0 Å². The third-order valence-corrected chi connectivity index (χ3v) is 2.98. The van der Waals surface area contributed by atoms with Gasteiger partial charge in [0.1, 0.15) is 11.9 Å². The summed E-state index contributed by atoms with van der Waals surface area (Å²) in [5.41, 5.74) is 0.614. The number of benzene rings is 2. The summed E-state index contributed by atoms with van der Waals surface area (Å²) in [5, 5.41) is 9.48. The highest BCUT2D eigenvalue weighted by Crippen LogP contribution is 2.36. The Kier molecular flexibility index (Phi) is 3.33. The second-order valence-electron chi connectivity index (χ2n) is 3.38. The van der Waals surface area contributed by atoms with Crippen molar-refractivity contribution in [2.75, 3.05) is 0 Å². The number of rotatable bonds is 1. The standard InChI is InChI=1S/C13H6Cl2FN/c14-10-5-2-6-11(15)12(10)9-4-1-3-8(7-17)13(9)16/h1-6H. The van der Waals surface area contributed by atoms with Crippen LogP contribution in [0.2, 0.25) is 10.0 Å². The molecule has 0 N–H and O–H groups in total. The zero-order valence-electron chi connectivity index (χ0n) is 8.55. The topological polar surface area (TPSA) is 23.8 Å². The van der Waals surface area contributed by atoms with Gasteiger partial charge >= 0.3 is 0 Å². The molecule has 0 radical (unpaired) electrons. The lowest BCUT2D eigenvalue weighted by Gasteiger charge is -2.08. The monoisotopic (exact) mass is 265 g/mol. The zero-order chi connectivity index (χ0) is 12.4. The molecule has 2 aromatic rings. The van der Waals surface area contributed by atoms with Crippen molar-refractivity contribution in [1.29, 1.82) is 5.26 Å². The molecule has 0 spiro atoms. The van der Waals surface area contributed by atoms with E-state index >= 15 is 0 Å². The van der Waals surface area contributed by atoms with Gasteiger partial charge in [0.05, 0.1) is 5.56 Å². The number of hydrogen-bond acceptors (Lipinski definition) is 1. The highest BCUT2D eigenvalue weighted by atomic mass is 35.5. The molecular weight excluding hydrogens is 260 g/mol. The average molecular weight is 266 g/mol. The van der Waals surface area contributed by atoms with Gasteiger partial charge in [-0.15, -0.1) is 0 Å². The van der Waals surface area contributed by atoms with Crippen LogP contribution < -0.4 is 0 Å². The Bertz CT molecular complexity index is 597. The Morgan fingerprint density at radius 1 is 1.00 bits per heavy atom. The van der Waals surface area contributed by atoms with Gasteiger partial charge in [-0.25, -0.2) is 4.39 Å². The van der Waals surface area contributed by atoms with E-state index in [4.69, 9.17) is 28.5 Å². The first-order valence-electron chi connectivity index (χ1n) is 4.78. The molecule has 0 fully saturated rings. The highest BCUT2D eigenvalue weighted by molar-refractivity contribution is 6.39. The van der Waals surface area contributed by atoms with Gasteiger partial charge < -0.3 is 0 Å². The summed E-state index contributed by atoms with van der Waals surface area (Å²) in [6.45, 7) is 0. The van der Waals surface area contributed by atoms with Crippen LogP contribution in [0.25, 0.3) is 11.1 Å². The summed E-state index contributed by atoms with van der Waals surface area (Å²) >= 11 is 12.0. The van der Waals surface area contributed by atoms with Crippen molar-refractivity contribution in [3.05, 3.63) is 57.8 Å². The van der Waals surface area contributed by atoms with E-state index in [1.165, 1.54) is 6.07 Å². The van der Waals surface area contributed by atoms with Crippen LogP contribution in [0.5, 0.6) is 0 Å². The maximum Gasteiger partial charge on any atom is 0.148 e. The Hall–Kier alpha value is -1.56. The number of nitrogens with zero attached hydrogens (tertiary/aromatic N) is 1. The molecule has 0 amide bonds. The van der Waals surface area contributed by atoms with Crippen molar-refractivity contribution in [3.8, 4) is 17.2 Å². The van der Waals surface area contributed by atoms with Crippen molar-refractivity contribution < 1.29 is 4.39 Å². The number of hydrogen-bond donors (Lipinski definition) is 0. The second-order valence-corrected chi connectivity index (χ2v) is 4.19. The quantitative estimate of drug-likeness (QED) is 0.735. The Morgan fingerprint density at radius 3 is 2.18 bits per heavy atom. The molecule has 0 bridgehead atoms. The molecule has 4 heteroatoms. The third-order valence-electron chi connectivity index (χ3n) is 2.35. The van der Waals surface area contributed by atoms with Gasteiger partial charge in [0.2, 0.25) is 0 Å². The Morgan fingerprint density at radius 2 is 1.59 bits per heavy atom. The number of nitriles is 1. The van der Waals surface area contributed by atoms with E-state index in [2.05, 4.69) is 0 Å². The van der Waals surface area contributed by atoms with Gasteiger partial charge in [0.15, 0.2) is 0 Å². The first-order valence-corrected chi connectivity index (χ1v) is 5.53. The van der Waals surface area contributed by atoms with Gasteiger partial charge in [0, 0.05) is 21.2 Å². The van der Waals surface area contributed by atoms with Gasteiger partial charge in [-0.05, 0) is 18.2 Å². The van der Waals surface area contributed by atoms with Crippen LogP contribution in [-0.4, -0.2) is 0 Å². The van der Waals surface area contributed by atoms with E-state index in [0.29, 0.717) is 15.6 Å². The molecule has 0 aliphatic heterocycles. The summed E-state index contributed by atoms with van der Waals surface area (Å²) < 4.78 is 14.0. The first kappa shape index (κ1) is 11.9. The molecule has 0 saturated heterocycles. The highest BCUT2D eigenvalue weighted by Gasteiger charge is 2.14. The Balaban J connectivity index is 2.74. The van der Waals surface area contributed by atoms with Crippen LogP contribution in [-0.2, 0) is 0 Å². The van der Waals surface area contributed by atoms with E-state index in [1.54, 1.807) is 36.4 Å². The molecule has 0 unspecified atom stereocenters. The summed E-state index contributed by atoms with van der Waals surface area (Å²) in [7, 11) is 0. The van der Waals surface area contributed by atoms with E-state index in [9.17, 15) is 4.39 Å². The SMILES string of the molecule is N#Cc1cccc(-c2c(Cl)cccc2Cl)c1F. The summed E-state index contributed by atoms with van der Waals surface area (Å²) in [4.78, 5) is 0. The second kappa shape index (κ2) is 4.75. The molecule has 1 nitrogen and oxygen atoms in total. The molecule has 2 rings (SSSR count). The van der Waals surface area contributed by atoms with Crippen molar-refractivity contribution in [2.45, 2.75) is 0 Å². The van der Waals surface area contributed by atoms with Gasteiger partial charge in [-0.1, -0.05) is 41.4 Å². The summed E-state index contributed by atoms with van der Waals surface area (Å²) in [6, 6.07) is 11.3. The molecule has 0 atom stereocenters. The van der Waals surface area contributed by atoms with Crippen LogP contribution in [0, 0.1) is 17.1 Å². The molecule has 0 aliphatic carbocycles. The zero-order valence-corrected chi connectivity index (χ0v) is 10.1. The molecule has 0 saturated carbocycles. The van der Waals surface area contributed by atoms with Crippen molar-refractivity contribution in [3.63, 3.8) is 0 Å². The van der Waals surface area contributed by atoms with Crippen LogP contribution in [0.4, 0.5) is 4.39 Å². The van der Waals surface area contributed by atoms with Gasteiger partial charge in [-0.3, -0.25) is 0 Å². The molecule has 2 aromatic carbocycles. The number of halogens is 3. The molecule has 0 heterocycles. The predicted molar refractivity (Wildman–Crippen MR) is 66.6 cm³/mol. The predicted octanol–water partition coefficient (Wildman–Crippen LogP) is 4.67. The molecule has 0 aromatic heterocycles. The average Bonchev–Trinajstić information content (AvgIpc) is 2.31. The summed E-state index contributed by atoms with van der Waals surface area (Å²) in [6.07, 6.45) is 0. The maximum absolute atomic E-state index is 14.0. The van der Waals surface area contributed by atoms with Gasteiger partial charge in [-0.2, -0.15) is 5.26 Å². The van der Waals surface area contributed by atoms with Crippen molar-refractivity contribution in [1.82, 2.24) is 0 Å². The fourth-order valence-corrected chi connectivity index (χ4v) is 2.17. The summed E-state index contributed by atoms with van der Waals surface area (Å²) in [5.74, 6) is -0.606. The van der Waals surface area contributed by atoms with Crippen LogP contribution in [0.3, 0.4) is 0 Å². The fraction of sp³-hybridized carbons (Fsp3) is 0. The lowest BCUT2D eigenvalue weighted by molar-refractivity contribution is 0.627. The minimum absolute atomic E-state index is 0.0292. The van der Waals surface area contributed by atoms with Crippen LogP contribution in [0.15, 0.2) is 36.4 Å². The lowest BCUT2D eigenvalue weighted by atomic mass is 10.0. The largest absolute Gasteiger partial charge is 0.205 e. The van der Waals surface area contributed by atoms with E-state index < -0.39 is 5.82 Å². The van der Waals surface area contributed by atoms with Crippen molar-refractivity contribution in [2.24, 2.45) is 0 Å². The van der Waals surface area contributed by atoms with E-state index in [-0.39, 0.29) is 11.1 Å². The fourth-order valence-electron chi connectivity index (χ4n) is 1.57. The van der Waals surface area contributed by atoms with E-state index in [1.807, 2.05) is 0 Å². The molecule has 0 aliphatic rings. The van der Waals surface area contributed by atoms with Crippen LogP contribution >= 0.6 is 23.2 Å². The minimum Gasteiger partial charge on any atom is -0.205 e. The minimum atomic E-state index is -0.606. The lowest BCUT2D eigenvalue weighted by Crippen LogP contribution is -1.90. The molecule has 84 valence electrons. The first-order chi connectivity index (χ1) is 8.15. The smallest absolute Gasteiger partial charge is 0.148 e. The molecular formula is C13H6Cl2FN. The Labute approximate surface area is 108 Å². The molecule has 17 heavy (non-hydrogen) atoms. The normalized spacial score (nSPS) is 10.0. The third kappa shape index (κ3) is 2.12. The van der Waals surface area contributed by atoms with Gasteiger partial charge in [0.25, 0.3) is 0 Å². The van der Waals surface area contributed by atoms with Crippen LogP contribution in [0.1, 0.15) is 5.56 Å². The maximum atomic E-state index is 14.0. The van der Waals surface area contributed by atoms with Crippen molar-refractivity contribution >= 4 is 23.2 Å².